The van der Waals surface area contributed by atoms with Crippen LogP contribution in [-0.4, -0.2) is 45.5 Å². The number of nitrogens with one attached hydrogen (secondary N) is 1. The molecule has 0 bridgehead atoms. The maximum absolute atomic E-state index is 12.7. The highest BCUT2D eigenvalue weighted by atomic mass is 16.2. The van der Waals surface area contributed by atoms with E-state index in [1.807, 2.05) is 24.3 Å². The maximum atomic E-state index is 12.7. The summed E-state index contributed by atoms with van der Waals surface area (Å²) in [6.45, 7) is 0.914. The Balaban J connectivity index is 1.77. The maximum Gasteiger partial charge on any atom is 0.328 e. The molecule has 3 rings (SSSR count). The first-order valence-electron chi connectivity index (χ1n) is 8.70. The van der Waals surface area contributed by atoms with E-state index in [2.05, 4.69) is 5.32 Å². The quantitative estimate of drug-likeness (QED) is 0.894. The second-order valence-electron chi connectivity index (χ2n) is 6.44. The van der Waals surface area contributed by atoms with Crippen LogP contribution in [0.2, 0.25) is 0 Å². The molecule has 2 aromatic rings. The second-order valence-corrected chi connectivity index (χ2v) is 6.44. The van der Waals surface area contributed by atoms with E-state index in [9.17, 15) is 14.4 Å². The molecule has 0 aliphatic carbocycles. The number of rotatable bonds is 4. The van der Waals surface area contributed by atoms with Crippen molar-refractivity contribution >= 4 is 22.8 Å². The molecule has 1 atom stereocenters. The number of hydrogen-bond donors (Lipinski definition) is 1. The highest BCUT2D eigenvalue weighted by molar-refractivity contribution is 5.87. The van der Waals surface area contributed by atoms with Crippen LogP contribution in [0.1, 0.15) is 25.7 Å². The van der Waals surface area contributed by atoms with E-state index in [1.54, 1.807) is 28.1 Å². The summed E-state index contributed by atoms with van der Waals surface area (Å²) in [4.78, 5) is 38.8. The molecular weight excluding hydrogens is 320 g/mol. The van der Waals surface area contributed by atoms with Gasteiger partial charge in [0.1, 0.15) is 6.04 Å². The lowest BCUT2D eigenvalue weighted by Gasteiger charge is -2.34. The standard InChI is InChI=1S/C18H24N4O3/c1-19-17(24)15-9-5-6-11-21(15)16(23)10-12-22-14-8-4-3-7-13(14)20(2)18(22)25/h3-4,7-8,15H,5-6,9-12H2,1-2H3,(H,19,24). The summed E-state index contributed by atoms with van der Waals surface area (Å²) in [6.07, 6.45) is 2.76. The van der Waals surface area contributed by atoms with E-state index in [0.29, 0.717) is 19.5 Å². The fraction of sp³-hybridized carbons (Fsp3) is 0.500. The highest BCUT2D eigenvalue weighted by Gasteiger charge is 2.31. The molecule has 1 aliphatic rings. The Kier molecular flexibility index (Phi) is 4.92. The molecule has 25 heavy (non-hydrogen) atoms. The zero-order valence-corrected chi connectivity index (χ0v) is 14.7. The number of fused-ring (bicyclic) bond motifs is 1. The smallest absolute Gasteiger partial charge is 0.328 e. The number of carbonyl (C=O) groups is 2. The van der Waals surface area contributed by atoms with E-state index in [1.165, 1.54) is 0 Å². The van der Waals surface area contributed by atoms with Gasteiger partial charge in [0.15, 0.2) is 0 Å². The molecule has 0 saturated carbocycles. The molecule has 134 valence electrons. The Bertz CT molecular complexity index is 852. The molecule has 7 heteroatoms. The summed E-state index contributed by atoms with van der Waals surface area (Å²) in [6, 6.07) is 7.15. The van der Waals surface area contributed by atoms with Crippen molar-refractivity contribution in [1.82, 2.24) is 19.4 Å². The van der Waals surface area contributed by atoms with E-state index in [-0.39, 0.29) is 23.9 Å². The van der Waals surface area contributed by atoms with Gasteiger partial charge in [-0.1, -0.05) is 12.1 Å². The lowest BCUT2D eigenvalue weighted by Crippen LogP contribution is -2.51. The van der Waals surface area contributed by atoms with Crippen molar-refractivity contribution < 1.29 is 9.59 Å². The Morgan fingerprint density at radius 1 is 1.20 bits per heavy atom. The molecule has 1 aliphatic heterocycles. The minimum atomic E-state index is -0.393. The normalized spacial score (nSPS) is 17.7. The van der Waals surface area contributed by atoms with E-state index in [0.717, 1.165) is 23.9 Å². The number of likely N-dealkylation sites (N-methyl/N-ethyl adjacent to an activating group) is 1. The lowest BCUT2D eigenvalue weighted by atomic mass is 10.0. The Hall–Kier alpha value is -2.57. The summed E-state index contributed by atoms with van der Waals surface area (Å²) in [5, 5.41) is 2.64. The average molecular weight is 344 g/mol. The van der Waals surface area contributed by atoms with Crippen LogP contribution in [0.5, 0.6) is 0 Å². The predicted octanol–water partition coefficient (Wildman–Crippen LogP) is 0.857. The van der Waals surface area contributed by atoms with Crippen molar-refractivity contribution in [3.05, 3.63) is 34.7 Å². The summed E-state index contributed by atoms with van der Waals surface area (Å²) in [5.74, 6) is -0.191. The molecule has 1 fully saturated rings. The van der Waals surface area contributed by atoms with Gasteiger partial charge in [0.05, 0.1) is 11.0 Å². The van der Waals surface area contributed by atoms with Crippen LogP contribution in [-0.2, 0) is 23.2 Å². The van der Waals surface area contributed by atoms with Crippen LogP contribution < -0.4 is 11.0 Å². The average Bonchev–Trinajstić information content (AvgIpc) is 2.90. The number of para-hydroxylation sites is 2. The van der Waals surface area contributed by atoms with Crippen molar-refractivity contribution in [2.45, 2.75) is 38.3 Å². The van der Waals surface area contributed by atoms with Crippen molar-refractivity contribution in [1.29, 1.82) is 0 Å². The largest absolute Gasteiger partial charge is 0.357 e. The van der Waals surface area contributed by atoms with Crippen molar-refractivity contribution in [2.24, 2.45) is 7.05 Å². The van der Waals surface area contributed by atoms with E-state index in [4.69, 9.17) is 0 Å². The van der Waals surface area contributed by atoms with E-state index >= 15 is 0 Å². The van der Waals surface area contributed by atoms with Gasteiger partial charge in [-0.25, -0.2) is 4.79 Å². The van der Waals surface area contributed by atoms with Crippen LogP contribution >= 0.6 is 0 Å². The van der Waals surface area contributed by atoms with E-state index < -0.39 is 6.04 Å². The molecule has 1 N–H and O–H groups in total. The number of imidazole rings is 1. The number of likely N-dealkylation sites (tertiary alicyclic amines) is 1. The number of amides is 2. The molecule has 2 heterocycles. The fourth-order valence-electron chi connectivity index (χ4n) is 3.60. The van der Waals surface area contributed by atoms with Crippen LogP contribution in [0.15, 0.2) is 29.1 Å². The SMILES string of the molecule is CNC(=O)C1CCCCN1C(=O)CCn1c(=O)n(C)c2ccccc21. The highest BCUT2D eigenvalue weighted by Crippen LogP contribution is 2.19. The van der Waals surface area contributed by atoms with Crippen LogP contribution in [0.3, 0.4) is 0 Å². The monoisotopic (exact) mass is 344 g/mol. The molecule has 1 saturated heterocycles. The lowest BCUT2D eigenvalue weighted by molar-refractivity contribution is -0.142. The number of aromatic nitrogens is 2. The number of nitrogens with zero attached hydrogens (tertiary/aromatic N) is 3. The molecule has 1 aromatic carbocycles. The third kappa shape index (κ3) is 3.18. The molecule has 1 unspecified atom stereocenters. The van der Waals surface area contributed by atoms with Crippen LogP contribution in [0.4, 0.5) is 0 Å². The van der Waals surface area contributed by atoms with Gasteiger partial charge in [-0.2, -0.15) is 0 Å². The van der Waals surface area contributed by atoms with Gasteiger partial charge >= 0.3 is 5.69 Å². The summed E-state index contributed by atoms with van der Waals surface area (Å²) in [5.41, 5.74) is 1.54. The van der Waals surface area contributed by atoms with Gasteiger partial charge in [0, 0.05) is 33.6 Å². The first-order valence-corrected chi connectivity index (χ1v) is 8.70. The predicted molar refractivity (Wildman–Crippen MR) is 95.2 cm³/mol. The van der Waals surface area contributed by atoms with Crippen molar-refractivity contribution in [3.63, 3.8) is 0 Å². The minimum Gasteiger partial charge on any atom is -0.357 e. The van der Waals surface area contributed by atoms with Gasteiger partial charge in [-0.15, -0.1) is 0 Å². The summed E-state index contributed by atoms with van der Waals surface area (Å²) >= 11 is 0. The summed E-state index contributed by atoms with van der Waals surface area (Å²) in [7, 11) is 3.32. The molecule has 7 nitrogen and oxygen atoms in total. The number of aryl methyl sites for hydroxylation is 2. The third-order valence-electron chi connectivity index (χ3n) is 4.97. The van der Waals surface area contributed by atoms with Crippen molar-refractivity contribution in [3.8, 4) is 0 Å². The fourth-order valence-corrected chi connectivity index (χ4v) is 3.60. The van der Waals surface area contributed by atoms with Crippen molar-refractivity contribution in [2.75, 3.05) is 13.6 Å². The molecular formula is C18H24N4O3. The topological polar surface area (TPSA) is 76.3 Å². The number of piperidine rings is 1. The third-order valence-corrected chi connectivity index (χ3v) is 4.97. The molecule has 2 amide bonds. The molecule has 1 aromatic heterocycles. The Labute approximate surface area is 146 Å². The number of hydrogen-bond acceptors (Lipinski definition) is 3. The first-order chi connectivity index (χ1) is 12.0. The number of carbonyl (C=O) groups excluding carboxylic acids is 2. The zero-order valence-electron chi connectivity index (χ0n) is 14.7. The Morgan fingerprint density at radius 2 is 1.92 bits per heavy atom. The molecule has 0 spiro atoms. The van der Waals surface area contributed by atoms with Gasteiger partial charge in [0.2, 0.25) is 11.8 Å². The van der Waals surface area contributed by atoms with Gasteiger partial charge < -0.3 is 10.2 Å². The van der Waals surface area contributed by atoms with Crippen LogP contribution in [0.25, 0.3) is 11.0 Å². The van der Waals surface area contributed by atoms with Gasteiger partial charge in [-0.3, -0.25) is 18.7 Å². The number of benzene rings is 1. The van der Waals surface area contributed by atoms with Crippen LogP contribution in [0, 0.1) is 0 Å². The minimum absolute atomic E-state index is 0.0758. The Morgan fingerprint density at radius 3 is 2.64 bits per heavy atom. The van der Waals surface area contributed by atoms with Gasteiger partial charge in [0.25, 0.3) is 0 Å². The zero-order chi connectivity index (χ0) is 18.0. The summed E-state index contributed by atoms with van der Waals surface area (Å²) < 4.78 is 3.22. The second kappa shape index (κ2) is 7.13. The molecule has 0 radical (unpaired) electrons. The van der Waals surface area contributed by atoms with Gasteiger partial charge in [-0.05, 0) is 31.4 Å². The first kappa shape index (κ1) is 17.3.